The fourth-order valence-corrected chi connectivity index (χ4v) is 4.11. The van der Waals surface area contributed by atoms with E-state index < -0.39 is 47.9 Å². The van der Waals surface area contributed by atoms with Crippen molar-refractivity contribution >= 4 is 30.1 Å². The second kappa shape index (κ2) is 18.7. The van der Waals surface area contributed by atoms with Gasteiger partial charge in [0.05, 0.1) is 0 Å². The van der Waals surface area contributed by atoms with E-state index >= 15 is 0 Å². The van der Waals surface area contributed by atoms with Crippen molar-refractivity contribution in [1.29, 1.82) is 0 Å². The van der Waals surface area contributed by atoms with Crippen LogP contribution >= 0.6 is 0 Å². The minimum atomic E-state index is -1.17. The van der Waals surface area contributed by atoms with E-state index in [2.05, 4.69) is 21.3 Å². The lowest BCUT2D eigenvalue weighted by Gasteiger charge is -2.26. The number of carbonyl (C=O) groups is 5. The van der Waals surface area contributed by atoms with E-state index in [-0.39, 0.29) is 18.8 Å². The normalized spacial score (nSPS) is 14.0. The molecule has 11 heteroatoms. The summed E-state index contributed by atoms with van der Waals surface area (Å²) in [7, 11) is 0. The van der Waals surface area contributed by atoms with Gasteiger partial charge in [-0.25, -0.2) is 4.79 Å². The van der Waals surface area contributed by atoms with Gasteiger partial charge in [0.1, 0.15) is 24.2 Å². The van der Waals surface area contributed by atoms with Gasteiger partial charge in [0.25, 0.3) is 0 Å². The van der Waals surface area contributed by atoms with Crippen molar-refractivity contribution < 1.29 is 29.1 Å². The van der Waals surface area contributed by atoms with Gasteiger partial charge in [-0.1, -0.05) is 63.9 Å². The molecule has 0 aliphatic rings. The largest absolute Gasteiger partial charge is 0.480 e. The van der Waals surface area contributed by atoms with Crippen LogP contribution in [0.25, 0.3) is 0 Å². The molecule has 0 radical (unpaired) electrons. The number of rotatable bonds is 20. The molecule has 1 aromatic rings. The summed E-state index contributed by atoms with van der Waals surface area (Å²) in [6.45, 7) is 6.18. The summed E-state index contributed by atoms with van der Waals surface area (Å²) >= 11 is 0. The fraction of sp³-hybridized carbons (Fsp3) is 0.607. The van der Waals surface area contributed by atoms with E-state index in [9.17, 15) is 29.1 Å². The van der Waals surface area contributed by atoms with Gasteiger partial charge in [-0.2, -0.15) is 0 Å². The van der Waals surface area contributed by atoms with Gasteiger partial charge >= 0.3 is 5.97 Å². The predicted molar refractivity (Wildman–Crippen MR) is 148 cm³/mol. The summed E-state index contributed by atoms with van der Waals surface area (Å²) in [5.74, 6) is -2.81. The standard InChI is InChI=1S/C28H45N5O6/c1-4-5-13-21(30-18-34)25(35)32-23(16-19(2)3)26(36)33-24(17-20-11-7-6-8-12-20)27(37)31-22(28(38)39)14-9-10-15-29/h6-8,11-12,18-19,21-24H,4-5,9-10,13-17,29H2,1-3H3,(H,30,34)(H,31,37)(H,32,35)(H,33,36)(H,38,39)/t21-,22-,23-,24-/m0/s1. The van der Waals surface area contributed by atoms with Crippen LogP contribution < -0.4 is 27.0 Å². The molecule has 0 bridgehead atoms. The summed E-state index contributed by atoms with van der Waals surface area (Å²) in [5, 5.41) is 20.1. The van der Waals surface area contributed by atoms with Crippen molar-refractivity contribution in [2.45, 2.75) is 96.3 Å². The molecule has 0 heterocycles. The predicted octanol–water partition coefficient (Wildman–Crippen LogP) is 1.25. The van der Waals surface area contributed by atoms with Crippen LogP contribution in [-0.4, -0.2) is 65.9 Å². The van der Waals surface area contributed by atoms with Crippen LogP contribution in [0.4, 0.5) is 0 Å². The number of benzene rings is 1. The molecule has 0 aromatic heterocycles. The molecule has 4 amide bonds. The van der Waals surface area contributed by atoms with Crippen LogP contribution in [0.2, 0.25) is 0 Å². The highest BCUT2D eigenvalue weighted by Crippen LogP contribution is 2.10. The molecule has 1 aromatic carbocycles. The zero-order valence-corrected chi connectivity index (χ0v) is 23.3. The Morgan fingerprint density at radius 1 is 0.846 bits per heavy atom. The first-order valence-corrected chi connectivity index (χ1v) is 13.7. The fourth-order valence-electron chi connectivity index (χ4n) is 4.11. The minimum Gasteiger partial charge on any atom is -0.480 e. The molecule has 7 N–H and O–H groups in total. The lowest BCUT2D eigenvalue weighted by atomic mass is 10.00. The molecule has 0 spiro atoms. The lowest BCUT2D eigenvalue weighted by Crippen LogP contribution is -2.58. The van der Waals surface area contributed by atoms with E-state index in [1.165, 1.54) is 0 Å². The van der Waals surface area contributed by atoms with Crippen molar-refractivity contribution in [1.82, 2.24) is 21.3 Å². The van der Waals surface area contributed by atoms with Crippen molar-refractivity contribution in [3.05, 3.63) is 35.9 Å². The number of nitrogens with one attached hydrogen (secondary N) is 4. The zero-order valence-electron chi connectivity index (χ0n) is 23.3. The van der Waals surface area contributed by atoms with Gasteiger partial charge in [-0.05, 0) is 50.1 Å². The number of hydrogen-bond acceptors (Lipinski definition) is 6. The Hall–Kier alpha value is -3.47. The highest BCUT2D eigenvalue weighted by Gasteiger charge is 2.31. The average Bonchev–Trinajstić information content (AvgIpc) is 2.89. The van der Waals surface area contributed by atoms with Crippen molar-refractivity contribution in [3.63, 3.8) is 0 Å². The average molecular weight is 548 g/mol. The van der Waals surface area contributed by atoms with E-state index in [0.29, 0.717) is 38.6 Å². The third kappa shape index (κ3) is 13.2. The smallest absolute Gasteiger partial charge is 0.326 e. The summed E-state index contributed by atoms with van der Waals surface area (Å²) in [6, 6.07) is 5.10. The Balaban J connectivity index is 3.13. The highest BCUT2D eigenvalue weighted by molar-refractivity contribution is 5.94. The number of aliphatic carboxylic acids is 1. The van der Waals surface area contributed by atoms with Gasteiger partial charge in [-0.15, -0.1) is 0 Å². The van der Waals surface area contributed by atoms with Crippen LogP contribution in [-0.2, 0) is 30.4 Å². The van der Waals surface area contributed by atoms with Gasteiger partial charge in [-0.3, -0.25) is 19.2 Å². The number of hydrogen-bond donors (Lipinski definition) is 6. The van der Waals surface area contributed by atoms with Crippen molar-refractivity contribution in [2.75, 3.05) is 6.54 Å². The summed E-state index contributed by atoms with van der Waals surface area (Å²) in [5.41, 5.74) is 6.27. The van der Waals surface area contributed by atoms with E-state index in [0.717, 1.165) is 18.4 Å². The molecule has 0 aliphatic carbocycles. The number of unbranched alkanes of at least 4 members (excludes halogenated alkanes) is 2. The van der Waals surface area contributed by atoms with Gasteiger partial charge in [0, 0.05) is 6.42 Å². The lowest BCUT2D eigenvalue weighted by molar-refractivity contribution is -0.142. The number of carboxylic acids is 1. The molecule has 0 aliphatic heterocycles. The maximum atomic E-state index is 13.4. The SMILES string of the molecule is CCCC[C@H](NC=O)C(=O)N[C@@H](CC(C)C)C(=O)N[C@@H](Cc1ccccc1)C(=O)N[C@@H](CCCCN)C(=O)O. The van der Waals surface area contributed by atoms with E-state index in [1.807, 2.05) is 26.8 Å². The summed E-state index contributed by atoms with van der Waals surface area (Å²) in [4.78, 5) is 62.4. The third-order valence-corrected chi connectivity index (χ3v) is 6.25. The first kappa shape index (κ1) is 33.6. The van der Waals surface area contributed by atoms with Gasteiger partial charge < -0.3 is 32.1 Å². The topological polar surface area (TPSA) is 180 Å². The Labute approximate surface area is 231 Å². The number of nitrogens with two attached hydrogens (primary N) is 1. The van der Waals surface area contributed by atoms with Crippen LogP contribution in [0.15, 0.2) is 30.3 Å². The molecule has 0 saturated carbocycles. The van der Waals surface area contributed by atoms with Crippen molar-refractivity contribution in [3.8, 4) is 0 Å². The summed E-state index contributed by atoms with van der Waals surface area (Å²) < 4.78 is 0. The van der Waals surface area contributed by atoms with E-state index in [4.69, 9.17) is 5.73 Å². The maximum absolute atomic E-state index is 13.4. The number of amides is 4. The Morgan fingerprint density at radius 2 is 1.41 bits per heavy atom. The van der Waals surface area contributed by atoms with Crippen LogP contribution in [0, 0.1) is 5.92 Å². The molecule has 11 nitrogen and oxygen atoms in total. The second-order valence-electron chi connectivity index (χ2n) is 10.1. The second-order valence-corrected chi connectivity index (χ2v) is 10.1. The van der Waals surface area contributed by atoms with Crippen LogP contribution in [0.5, 0.6) is 0 Å². The highest BCUT2D eigenvalue weighted by atomic mass is 16.4. The Kier molecular flexibility index (Phi) is 16.1. The van der Waals surface area contributed by atoms with Crippen molar-refractivity contribution in [2.24, 2.45) is 11.7 Å². The van der Waals surface area contributed by atoms with Gasteiger partial charge in [0.2, 0.25) is 24.1 Å². The maximum Gasteiger partial charge on any atom is 0.326 e. The zero-order chi connectivity index (χ0) is 29.2. The molecule has 4 atom stereocenters. The summed E-state index contributed by atoms with van der Waals surface area (Å²) in [6.07, 6.45) is 4.23. The molecule has 1 rings (SSSR count). The molecule has 0 saturated heterocycles. The molecule has 218 valence electrons. The number of carboxylic acid groups (broad SMARTS) is 1. The number of carbonyl (C=O) groups excluding carboxylic acids is 4. The molecule has 0 fully saturated rings. The molecular formula is C28H45N5O6. The molecule has 0 unspecified atom stereocenters. The van der Waals surface area contributed by atoms with Crippen LogP contribution in [0.3, 0.4) is 0 Å². The molecule has 39 heavy (non-hydrogen) atoms. The molecular weight excluding hydrogens is 502 g/mol. The Bertz CT molecular complexity index is 911. The third-order valence-electron chi connectivity index (χ3n) is 6.25. The van der Waals surface area contributed by atoms with Gasteiger partial charge in [0.15, 0.2) is 0 Å². The van der Waals surface area contributed by atoms with Crippen LogP contribution in [0.1, 0.15) is 71.3 Å². The van der Waals surface area contributed by atoms with E-state index in [1.54, 1.807) is 24.3 Å². The first-order chi connectivity index (χ1) is 18.6. The Morgan fingerprint density at radius 3 is 1.97 bits per heavy atom. The monoisotopic (exact) mass is 547 g/mol. The first-order valence-electron chi connectivity index (χ1n) is 13.7. The quantitative estimate of drug-likeness (QED) is 0.105. The minimum absolute atomic E-state index is 0.0366.